The van der Waals surface area contributed by atoms with E-state index in [1.165, 1.54) is 12.8 Å². The number of carbonyl (C=O) groups is 1. The third-order valence-electron chi connectivity index (χ3n) is 3.52. The van der Waals surface area contributed by atoms with Gasteiger partial charge in [-0.25, -0.2) is 0 Å². The highest BCUT2D eigenvalue weighted by molar-refractivity contribution is 7.99. The first-order chi connectivity index (χ1) is 7.75. The van der Waals surface area contributed by atoms with Crippen LogP contribution in [0.3, 0.4) is 0 Å². The highest BCUT2D eigenvalue weighted by Crippen LogP contribution is 2.21. The number of carbonyl (C=O) groups excluding carboxylic acids is 1. The van der Waals surface area contributed by atoms with E-state index in [1.54, 1.807) is 0 Å². The Bertz CT molecular complexity index is 247. The van der Waals surface area contributed by atoms with Crippen molar-refractivity contribution in [2.45, 2.75) is 31.4 Å². The van der Waals surface area contributed by atoms with E-state index >= 15 is 0 Å². The maximum absolute atomic E-state index is 12.1. The van der Waals surface area contributed by atoms with E-state index in [-0.39, 0.29) is 12.4 Å². The van der Waals surface area contributed by atoms with Crippen LogP contribution in [0.25, 0.3) is 0 Å². The maximum Gasteiger partial charge on any atom is 0.222 e. The molecule has 2 fully saturated rings. The molecule has 2 heterocycles. The molecule has 0 aromatic heterocycles. The quantitative estimate of drug-likeness (QED) is 0.835. The number of thioether (sulfide) groups is 1. The molecule has 0 aromatic rings. The summed E-state index contributed by atoms with van der Waals surface area (Å²) in [5.41, 5.74) is 0. The van der Waals surface area contributed by atoms with Crippen LogP contribution in [0.2, 0.25) is 0 Å². The number of hydrogen-bond donors (Lipinski definition) is 1. The van der Waals surface area contributed by atoms with Crippen LogP contribution in [-0.2, 0) is 4.79 Å². The first-order valence-corrected chi connectivity index (χ1v) is 7.40. The number of nitrogens with one attached hydrogen (secondary N) is 1. The number of hydrogen-bond acceptors (Lipinski definition) is 3. The average molecular weight is 279 g/mol. The van der Waals surface area contributed by atoms with Gasteiger partial charge in [0.05, 0.1) is 0 Å². The van der Waals surface area contributed by atoms with Gasteiger partial charge in [-0.1, -0.05) is 6.92 Å². The molecule has 2 aliphatic rings. The van der Waals surface area contributed by atoms with E-state index < -0.39 is 0 Å². The second-order valence-electron chi connectivity index (χ2n) is 4.92. The Hall–Kier alpha value is 0.0700. The zero-order valence-electron chi connectivity index (χ0n) is 10.5. The summed E-state index contributed by atoms with van der Waals surface area (Å²) in [5, 5.41) is 3.96. The van der Waals surface area contributed by atoms with E-state index in [1.807, 2.05) is 11.8 Å². The van der Waals surface area contributed by atoms with Crippen molar-refractivity contribution in [3.05, 3.63) is 0 Å². The van der Waals surface area contributed by atoms with Crippen LogP contribution in [0.15, 0.2) is 0 Å². The molecule has 17 heavy (non-hydrogen) atoms. The summed E-state index contributed by atoms with van der Waals surface area (Å²) in [5.74, 6) is 2.12. The highest BCUT2D eigenvalue weighted by atomic mass is 35.5. The van der Waals surface area contributed by atoms with Crippen LogP contribution in [0.4, 0.5) is 0 Å². The summed E-state index contributed by atoms with van der Waals surface area (Å²) in [6.45, 7) is 6.30. The van der Waals surface area contributed by atoms with Gasteiger partial charge < -0.3 is 10.2 Å². The van der Waals surface area contributed by atoms with Crippen LogP contribution in [0.5, 0.6) is 0 Å². The molecule has 100 valence electrons. The topological polar surface area (TPSA) is 32.3 Å². The Morgan fingerprint density at radius 2 is 2.12 bits per heavy atom. The fourth-order valence-corrected chi connectivity index (χ4v) is 3.52. The first kappa shape index (κ1) is 15.1. The van der Waals surface area contributed by atoms with Gasteiger partial charge in [-0.3, -0.25) is 4.79 Å². The number of piperidine rings is 1. The van der Waals surface area contributed by atoms with Gasteiger partial charge in [0.1, 0.15) is 0 Å². The maximum atomic E-state index is 12.1. The zero-order valence-corrected chi connectivity index (χ0v) is 12.1. The third kappa shape index (κ3) is 4.68. The Balaban J connectivity index is 0.00000144. The molecule has 2 rings (SSSR count). The number of amides is 1. The molecule has 5 heteroatoms. The van der Waals surface area contributed by atoms with Gasteiger partial charge in [0.2, 0.25) is 5.91 Å². The molecule has 1 unspecified atom stereocenters. The molecule has 3 nitrogen and oxygen atoms in total. The summed E-state index contributed by atoms with van der Waals surface area (Å²) in [6.07, 6.45) is 3.12. The van der Waals surface area contributed by atoms with Crippen molar-refractivity contribution in [1.82, 2.24) is 10.2 Å². The van der Waals surface area contributed by atoms with Gasteiger partial charge in [0, 0.05) is 30.5 Å². The van der Waals surface area contributed by atoms with E-state index in [0.717, 1.165) is 38.4 Å². The minimum atomic E-state index is 0. The molecular formula is C12H23ClN2OS. The van der Waals surface area contributed by atoms with Crippen LogP contribution in [-0.4, -0.2) is 48.0 Å². The van der Waals surface area contributed by atoms with Crippen LogP contribution in [0.1, 0.15) is 26.2 Å². The average Bonchev–Trinajstić information content (AvgIpc) is 2.30. The summed E-state index contributed by atoms with van der Waals surface area (Å²) in [7, 11) is 0. The van der Waals surface area contributed by atoms with Crippen molar-refractivity contribution < 1.29 is 4.79 Å². The molecule has 1 N–H and O–H groups in total. The van der Waals surface area contributed by atoms with Crippen molar-refractivity contribution in [3.63, 3.8) is 0 Å². The van der Waals surface area contributed by atoms with Gasteiger partial charge in [0.25, 0.3) is 0 Å². The third-order valence-corrected chi connectivity index (χ3v) is 4.65. The largest absolute Gasteiger partial charge is 0.341 e. The lowest BCUT2D eigenvalue weighted by Gasteiger charge is -2.32. The van der Waals surface area contributed by atoms with E-state index in [9.17, 15) is 4.79 Å². The van der Waals surface area contributed by atoms with Crippen LogP contribution < -0.4 is 5.32 Å². The van der Waals surface area contributed by atoms with E-state index in [4.69, 9.17) is 0 Å². The van der Waals surface area contributed by atoms with E-state index in [2.05, 4.69) is 17.1 Å². The lowest BCUT2D eigenvalue weighted by molar-refractivity contribution is -0.132. The van der Waals surface area contributed by atoms with Gasteiger partial charge in [0.15, 0.2) is 0 Å². The predicted octanol–water partition coefficient (Wildman–Crippen LogP) is 1.76. The second-order valence-corrected chi connectivity index (χ2v) is 6.46. The Labute approximate surface area is 114 Å². The monoisotopic (exact) mass is 278 g/mol. The van der Waals surface area contributed by atoms with Crippen molar-refractivity contribution in [1.29, 1.82) is 0 Å². The molecule has 0 radical (unpaired) electrons. The molecule has 2 aliphatic heterocycles. The Kier molecular flexibility index (Phi) is 6.67. The lowest BCUT2D eigenvalue weighted by Crippen LogP contribution is -2.42. The molecule has 0 spiro atoms. The summed E-state index contributed by atoms with van der Waals surface area (Å²) in [6, 6.07) is 0. The Morgan fingerprint density at radius 3 is 2.76 bits per heavy atom. The van der Waals surface area contributed by atoms with Gasteiger partial charge in [-0.2, -0.15) is 11.8 Å². The fraction of sp³-hybridized carbons (Fsp3) is 0.917. The molecule has 2 saturated heterocycles. The fourth-order valence-electron chi connectivity index (χ4n) is 2.51. The second kappa shape index (κ2) is 7.49. The van der Waals surface area contributed by atoms with Crippen LogP contribution >= 0.6 is 24.2 Å². The minimum Gasteiger partial charge on any atom is -0.341 e. The normalized spacial score (nSPS) is 26.4. The van der Waals surface area contributed by atoms with Crippen LogP contribution in [0, 0.1) is 5.92 Å². The summed E-state index contributed by atoms with van der Waals surface area (Å²) in [4.78, 5) is 14.2. The SMILES string of the molecule is CC1CN(C(=O)CC2CCNCC2)CCS1.Cl. The summed E-state index contributed by atoms with van der Waals surface area (Å²) >= 11 is 1.98. The van der Waals surface area contributed by atoms with Gasteiger partial charge in [-0.05, 0) is 31.8 Å². The minimum absolute atomic E-state index is 0. The summed E-state index contributed by atoms with van der Waals surface area (Å²) < 4.78 is 0. The smallest absolute Gasteiger partial charge is 0.222 e. The molecule has 0 aromatic carbocycles. The Morgan fingerprint density at radius 1 is 1.41 bits per heavy atom. The molecular weight excluding hydrogens is 256 g/mol. The lowest BCUT2D eigenvalue weighted by atomic mass is 9.94. The van der Waals surface area contributed by atoms with Crippen molar-refractivity contribution in [2.75, 3.05) is 31.9 Å². The standard InChI is InChI=1S/C12H22N2OS.ClH/c1-10-9-14(6-7-16-10)12(15)8-11-2-4-13-5-3-11;/h10-11,13H,2-9H2,1H3;1H. The molecule has 0 saturated carbocycles. The van der Waals surface area contributed by atoms with Crippen molar-refractivity contribution in [3.8, 4) is 0 Å². The van der Waals surface area contributed by atoms with Gasteiger partial charge in [-0.15, -0.1) is 12.4 Å². The highest BCUT2D eigenvalue weighted by Gasteiger charge is 2.24. The predicted molar refractivity (Wildman–Crippen MR) is 76.0 cm³/mol. The van der Waals surface area contributed by atoms with Crippen molar-refractivity contribution >= 4 is 30.1 Å². The molecule has 1 atom stereocenters. The first-order valence-electron chi connectivity index (χ1n) is 6.36. The molecule has 0 aliphatic carbocycles. The van der Waals surface area contributed by atoms with Gasteiger partial charge >= 0.3 is 0 Å². The number of nitrogens with zero attached hydrogens (tertiary/aromatic N) is 1. The van der Waals surface area contributed by atoms with Crippen molar-refractivity contribution in [2.24, 2.45) is 5.92 Å². The number of halogens is 1. The van der Waals surface area contributed by atoms with E-state index in [0.29, 0.717) is 17.1 Å². The zero-order chi connectivity index (χ0) is 11.4. The molecule has 0 bridgehead atoms. The molecule has 1 amide bonds. The number of rotatable bonds is 2.